The zero-order chi connectivity index (χ0) is 24.3. The lowest BCUT2D eigenvalue weighted by Crippen LogP contribution is -2.50. The van der Waals surface area contributed by atoms with Crippen LogP contribution >= 0.6 is 0 Å². The van der Waals surface area contributed by atoms with Crippen LogP contribution in [-0.2, 0) is 11.2 Å². The molecule has 1 heterocycles. The van der Waals surface area contributed by atoms with Gasteiger partial charge in [-0.05, 0) is 61.1 Å². The normalized spacial score (nSPS) is 18.5. The van der Waals surface area contributed by atoms with Crippen molar-refractivity contribution in [3.05, 3.63) is 59.9 Å². The highest BCUT2D eigenvalue weighted by atomic mass is 16.5. The monoisotopic (exact) mass is 462 g/mol. The molecule has 0 saturated heterocycles. The van der Waals surface area contributed by atoms with Crippen LogP contribution in [0.2, 0.25) is 0 Å². The summed E-state index contributed by atoms with van der Waals surface area (Å²) in [4.78, 5) is 29.9. The van der Waals surface area contributed by atoms with Gasteiger partial charge in [-0.2, -0.15) is 5.26 Å². The average molecular weight is 463 g/mol. The number of benzene rings is 1. The molecule has 0 spiro atoms. The number of aromatic nitrogens is 1. The van der Waals surface area contributed by atoms with Crippen LogP contribution in [0.4, 0.5) is 0 Å². The van der Waals surface area contributed by atoms with Gasteiger partial charge >= 0.3 is 0 Å². The third kappa shape index (κ3) is 7.58. The molecule has 2 N–H and O–H groups in total. The first-order chi connectivity index (χ1) is 16.5. The fraction of sp³-hybridized carbons (Fsp3) is 0.481. The van der Waals surface area contributed by atoms with Gasteiger partial charge in [0, 0.05) is 30.4 Å². The first-order valence-electron chi connectivity index (χ1n) is 12.1. The molecule has 1 fully saturated rings. The lowest BCUT2D eigenvalue weighted by Gasteiger charge is -2.32. The molecule has 2 amide bonds. The van der Waals surface area contributed by atoms with Crippen LogP contribution in [0.15, 0.2) is 48.8 Å². The number of rotatable bonds is 10. The van der Waals surface area contributed by atoms with Crippen molar-refractivity contribution in [2.45, 2.75) is 64.5 Å². The van der Waals surface area contributed by atoms with E-state index in [4.69, 9.17) is 4.74 Å². The third-order valence-electron chi connectivity index (χ3n) is 6.10. The molecule has 7 heteroatoms. The van der Waals surface area contributed by atoms with E-state index in [1.54, 1.807) is 30.5 Å². The topological polar surface area (TPSA) is 104 Å². The summed E-state index contributed by atoms with van der Waals surface area (Å²) >= 11 is 0. The number of hydrogen-bond donors (Lipinski definition) is 2. The van der Waals surface area contributed by atoms with Crippen molar-refractivity contribution in [3.63, 3.8) is 0 Å². The zero-order valence-electron chi connectivity index (χ0n) is 20.0. The molecule has 1 aliphatic rings. The summed E-state index contributed by atoms with van der Waals surface area (Å²) in [7, 11) is 0. The van der Waals surface area contributed by atoms with E-state index in [-0.39, 0.29) is 23.8 Å². The van der Waals surface area contributed by atoms with Crippen LogP contribution in [0.25, 0.3) is 0 Å². The first kappa shape index (κ1) is 25.2. The van der Waals surface area contributed by atoms with Crippen LogP contribution in [0.3, 0.4) is 0 Å². The third-order valence-corrected chi connectivity index (χ3v) is 6.10. The van der Waals surface area contributed by atoms with Gasteiger partial charge < -0.3 is 15.4 Å². The Balaban J connectivity index is 1.53. The van der Waals surface area contributed by atoms with Gasteiger partial charge in [-0.3, -0.25) is 14.6 Å². The summed E-state index contributed by atoms with van der Waals surface area (Å²) in [6.07, 6.45) is 8.30. The molecule has 7 nitrogen and oxygen atoms in total. The predicted molar refractivity (Wildman–Crippen MR) is 130 cm³/mol. The number of pyridine rings is 1. The minimum absolute atomic E-state index is 0.144. The van der Waals surface area contributed by atoms with Crippen molar-refractivity contribution in [2.75, 3.05) is 6.61 Å². The Morgan fingerprint density at radius 2 is 1.94 bits per heavy atom. The average Bonchev–Trinajstić information content (AvgIpc) is 2.84. The quantitative estimate of drug-likeness (QED) is 0.554. The molecule has 1 saturated carbocycles. The van der Waals surface area contributed by atoms with Crippen LogP contribution in [-0.4, -0.2) is 35.5 Å². The standard InChI is InChI=1S/C27H34N4O3/c1-19(2)16-22(17-28)30-27(33)24-7-3-4-8-25(24)31-26(32)21-9-11-23(12-10-21)34-15-13-20-6-5-14-29-18-20/h5-6,9-12,14,18-19,22,24-25H,3-4,7-8,13,15-16H2,1-2H3,(H,30,33)(H,31,32)/t22-,24+,25-/m0/s1. The van der Waals surface area contributed by atoms with E-state index in [2.05, 4.69) is 21.7 Å². The maximum Gasteiger partial charge on any atom is 0.251 e. The molecule has 0 unspecified atom stereocenters. The lowest BCUT2D eigenvalue weighted by atomic mass is 9.83. The molecule has 180 valence electrons. The number of hydrogen-bond acceptors (Lipinski definition) is 5. The molecule has 3 rings (SSSR count). The SMILES string of the molecule is CC(C)C[C@@H](C#N)NC(=O)[C@@H]1CCCC[C@@H]1NC(=O)c1ccc(OCCc2cccnc2)cc1. The highest BCUT2D eigenvalue weighted by Gasteiger charge is 2.33. The van der Waals surface area contributed by atoms with Crippen molar-refractivity contribution in [1.82, 2.24) is 15.6 Å². The zero-order valence-corrected chi connectivity index (χ0v) is 20.0. The van der Waals surface area contributed by atoms with E-state index in [9.17, 15) is 14.9 Å². The predicted octanol–water partition coefficient (Wildman–Crippen LogP) is 4.05. The summed E-state index contributed by atoms with van der Waals surface area (Å²) in [5, 5.41) is 15.3. The van der Waals surface area contributed by atoms with E-state index in [0.29, 0.717) is 36.7 Å². The molecule has 0 bridgehead atoms. The smallest absolute Gasteiger partial charge is 0.251 e. The molecular formula is C27H34N4O3. The fourth-order valence-electron chi connectivity index (χ4n) is 4.30. The van der Waals surface area contributed by atoms with Crippen molar-refractivity contribution in [1.29, 1.82) is 5.26 Å². The Morgan fingerprint density at radius 3 is 2.62 bits per heavy atom. The second-order valence-corrected chi connectivity index (χ2v) is 9.27. The molecule has 1 aliphatic carbocycles. The number of carbonyl (C=O) groups is 2. The second-order valence-electron chi connectivity index (χ2n) is 9.27. The Bertz CT molecular complexity index is 970. The molecular weight excluding hydrogens is 428 g/mol. The van der Waals surface area contributed by atoms with Gasteiger partial charge in [0.25, 0.3) is 5.91 Å². The molecule has 0 radical (unpaired) electrons. The van der Waals surface area contributed by atoms with E-state index in [1.165, 1.54) is 0 Å². The summed E-state index contributed by atoms with van der Waals surface area (Å²) < 4.78 is 5.78. The number of carbonyl (C=O) groups excluding carboxylic acids is 2. The van der Waals surface area contributed by atoms with E-state index < -0.39 is 6.04 Å². The Morgan fingerprint density at radius 1 is 1.18 bits per heavy atom. The summed E-state index contributed by atoms with van der Waals surface area (Å²) in [5.74, 6) is 0.341. The van der Waals surface area contributed by atoms with Gasteiger partial charge in [0.15, 0.2) is 0 Å². The van der Waals surface area contributed by atoms with Crippen molar-refractivity contribution in [2.24, 2.45) is 11.8 Å². The largest absolute Gasteiger partial charge is 0.493 e. The highest BCUT2D eigenvalue weighted by Crippen LogP contribution is 2.25. The Labute approximate surface area is 201 Å². The maximum atomic E-state index is 12.9. The van der Waals surface area contributed by atoms with Gasteiger partial charge in [-0.25, -0.2) is 0 Å². The summed E-state index contributed by atoms with van der Waals surface area (Å²) in [6.45, 7) is 4.57. The van der Waals surface area contributed by atoms with Gasteiger partial charge in [0.05, 0.1) is 18.6 Å². The van der Waals surface area contributed by atoms with E-state index >= 15 is 0 Å². The molecule has 1 aromatic heterocycles. The molecule has 0 aliphatic heterocycles. The van der Waals surface area contributed by atoms with Gasteiger partial charge in [0.1, 0.15) is 11.8 Å². The molecule has 3 atom stereocenters. The van der Waals surface area contributed by atoms with Gasteiger partial charge in [0.2, 0.25) is 5.91 Å². The molecule has 2 aromatic rings. The number of nitrogens with one attached hydrogen (secondary N) is 2. The van der Waals surface area contributed by atoms with Crippen molar-refractivity contribution < 1.29 is 14.3 Å². The van der Waals surface area contributed by atoms with Crippen LogP contribution < -0.4 is 15.4 Å². The summed E-state index contributed by atoms with van der Waals surface area (Å²) in [5.41, 5.74) is 1.63. The van der Waals surface area contributed by atoms with Gasteiger partial charge in [-0.1, -0.05) is 32.8 Å². The minimum Gasteiger partial charge on any atom is -0.493 e. The van der Waals surface area contributed by atoms with Crippen LogP contribution in [0.1, 0.15) is 61.9 Å². The Kier molecular flexibility index (Phi) is 9.45. The lowest BCUT2D eigenvalue weighted by molar-refractivity contribution is -0.127. The number of nitriles is 1. The number of ether oxygens (including phenoxy) is 1. The van der Waals surface area contributed by atoms with E-state index in [1.807, 2.05) is 32.2 Å². The summed E-state index contributed by atoms with van der Waals surface area (Å²) in [6, 6.07) is 12.4. The highest BCUT2D eigenvalue weighted by molar-refractivity contribution is 5.95. The second kappa shape index (κ2) is 12.7. The number of nitrogens with zero attached hydrogens (tertiary/aromatic N) is 2. The van der Waals surface area contributed by atoms with Gasteiger partial charge in [-0.15, -0.1) is 0 Å². The first-order valence-corrected chi connectivity index (χ1v) is 12.1. The Hall–Kier alpha value is -3.40. The molecule has 1 aromatic carbocycles. The van der Waals surface area contributed by atoms with Crippen molar-refractivity contribution >= 4 is 11.8 Å². The maximum absolute atomic E-state index is 12.9. The van der Waals surface area contributed by atoms with Crippen LogP contribution in [0.5, 0.6) is 5.75 Å². The molecule has 34 heavy (non-hydrogen) atoms. The minimum atomic E-state index is -0.503. The van der Waals surface area contributed by atoms with Crippen LogP contribution in [0, 0.1) is 23.2 Å². The number of amides is 2. The van der Waals surface area contributed by atoms with E-state index in [0.717, 1.165) is 31.2 Å². The van der Waals surface area contributed by atoms with Crippen molar-refractivity contribution in [3.8, 4) is 11.8 Å². The fourth-order valence-corrected chi connectivity index (χ4v) is 4.30.